The molecule has 0 aliphatic heterocycles. The Labute approximate surface area is 103 Å². The standard InChI is InChI=1S/C13H23NO3/c1-4-9(5-2)8-14(6-3)12(15)10-7-11(10)13(16)17/h9-11H,4-8H2,1-3H3,(H,16,17). The van der Waals surface area contributed by atoms with Gasteiger partial charge in [-0.05, 0) is 19.3 Å². The fourth-order valence-electron chi connectivity index (χ4n) is 2.21. The summed E-state index contributed by atoms with van der Waals surface area (Å²) >= 11 is 0. The zero-order valence-corrected chi connectivity index (χ0v) is 11.0. The number of rotatable bonds is 7. The highest BCUT2D eigenvalue weighted by molar-refractivity contribution is 5.89. The lowest BCUT2D eigenvalue weighted by molar-refractivity contribution is -0.142. The van der Waals surface area contributed by atoms with Crippen molar-refractivity contribution < 1.29 is 14.7 Å². The average molecular weight is 241 g/mol. The van der Waals surface area contributed by atoms with Gasteiger partial charge in [0.25, 0.3) is 0 Å². The first-order chi connectivity index (χ1) is 8.04. The second-order valence-electron chi connectivity index (χ2n) is 4.85. The number of carbonyl (C=O) groups is 2. The van der Waals surface area contributed by atoms with Gasteiger partial charge in [0, 0.05) is 13.1 Å². The fourth-order valence-corrected chi connectivity index (χ4v) is 2.21. The zero-order chi connectivity index (χ0) is 13.0. The summed E-state index contributed by atoms with van der Waals surface area (Å²) in [6.07, 6.45) is 2.65. The zero-order valence-electron chi connectivity index (χ0n) is 11.0. The number of hydrogen-bond acceptors (Lipinski definition) is 2. The van der Waals surface area contributed by atoms with E-state index in [1.807, 2.05) is 11.8 Å². The average Bonchev–Trinajstić information content (AvgIpc) is 3.10. The summed E-state index contributed by atoms with van der Waals surface area (Å²) in [4.78, 5) is 24.7. The van der Waals surface area contributed by atoms with E-state index in [9.17, 15) is 9.59 Å². The van der Waals surface area contributed by atoms with Gasteiger partial charge >= 0.3 is 5.97 Å². The maximum Gasteiger partial charge on any atom is 0.307 e. The van der Waals surface area contributed by atoms with Crippen LogP contribution < -0.4 is 0 Å². The van der Waals surface area contributed by atoms with E-state index in [2.05, 4.69) is 13.8 Å². The topological polar surface area (TPSA) is 57.6 Å². The number of carboxylic acid groups (broad SMARTS) is 1. The van der Waals surface area contributed by atoms with E-state index < -0.39 is 11.9 Å². The molecule has 0 radical (unpaired) electrons. The van der Waals surface area contributed by atoms with Crippen LogP contribution in [0.5, 0.6) is 0 Å². The summed E-state index contributed by atoms with van der Waals surface area (Å²) in [6.45, 7) is 7.66. The Morgan fingerprint density at radius 2 is 1.82 bits per heavy atom. The van der Waals surface area contributed by atoms with E-state index >= 15 is 0 Å². The van der Waals surface area contributed by atoms with Gasteiger partial charge in [-0.15, -0.1) is 0 Å². The number of amides is 1. The van der Waals surface area contributed by atoms with E-state index in [0.29, 0.717) is 18.9 Å². The highest BCUT2D eigenvalue weighted by Crippen LogP contribution is 2.40. The van der Waals surface area contributed by atoms with Crippen LogP contribution in [0.15, 0.2) is 0 Å². The fraction of sp³-hybridized carbons (Fsp3) is 0.846. The van der Waals surface area contributed by atoms with Gasteiger partial charge in [0.05, 0.1) is 11.8 Å². The molecule has 17 heavy (non-hydrogen) atoms. The van der Waals surface area contributed by atoms with Gasteiger partial charge in [-0.2, -0.15) is 0 Å². The van der Waals surface area contributed by atoms with Gasteiger partial charge in [-0.3, -0.25) is 9.59 Å². The Kier molecular flexibility index (Phi) is 4.97. The molecule has 1 rings (SSSR count). The summed E-state index contributed by atoms with van der Waals surface area (Å²) in [5.74, 6) is -0.963. The number of aliphatic carboxylic acids is 1. The van der Waals surface area contributed by atoms with Crippen molar-refractivity contribution in [3.05, 3.63) is 0 Å². The highest BCUT2D eigenvalue weighted by atomic mass is 16.4. The first-order valence-corrected chi connectivity index (χ1v) is 6.56. The lowest BCUT2D eigenvalue weighted by Crippen LogP contribution is -2.36. The van der Waals surface area contributed by atoms with Crippen LogP contribution in [0.4, 0.5) is 0 Å². The van der Waals surface area contributed by atoms with Crippen LogP contribution in [-0.2, 0) is 9.59 Å². The summed E-state index contributed by atoms with van der Waals surface area (Å²) in [7, 11) is 0. The van der Waals surface area contributed by atoms with E-state index in [0.717, 1.165) is 19.4 Å². The molecule has 2 unspecified atom stereocenters. The van der Waals surface area contributed by atoms with Crippen molar-refractivity contribution in [3.63, 3.8) is 0 Å². The van der Waals surface area contributed by atoms with Crippen LogP contribution in [0.25, 0.3) is 0 Å². The van der Waals surface area contributed by atoms with Gasteiger partial charge < -0.3 is 10.0 Å². The molecule has 98 valence electrons. The number of hydrogen-bond donors (Lipinski definition) is 1. The molecule has 1 fully saturated rings. The molecule has 0 heterocycles. The van der Waals surface area contributed by atoms with Gasteiger partial charge in [0.1, 0.15) is 0 Å². The van der Waals surface area contributed by atoms with Crippen LogP contribution in [0.2, 0.25) is 0 Å². The van der Waals surface area contributed by atoms with Crippen molar-refractivity contribution in [2.45, 2.75) is 40.0 Å². The molecule has 0 saturated heterocycles. The van der Waals surface area contributed by atoms with E-state index in [1.54, 1.807) is 0 Å². The largest absolute Gasteiger partial charge is 0.481 e. The second kappa shape index (κ2) is 6.03. The highest BCUT2D eigenvalue weighted by Gasteiger charge is 2.49. The second-order valence-corrected chi connectivity index (χ2v) is 4.85. The Hall–Kier alpha value is -1.06. The van der Waals surface area contributed by atoms with Crippen LogP contribution in [-0.4, -0.2) is 35.0 Å². The summed E-state index contributed by atoms with van der Waals surface area (Å²) in [5.41, 5.74) is 0. The molecule has 1 N–H and O–H groups in total. The maximum atomic E-state index is 12.1. The molecule has 2 atom stereocenters. The minimum absolute atomic E-state index is 0.0341. The summed E-state index contributed by atoms with van der Waals surface area (Å²) in [5, 5.41) is 8.83. The Bertz CT molecular complexity index is 286. The number of carbonyl (C=O) groups excluding carboxylic acids is 1. The minimum Gasteiger partial charge on any atom is -0.481 e. The molecule has 4 nitrogen and oxygen atoms in total. The molecule has 1 aliphatic carbocycles. The lowest BCUT2D eigenvalue weighted by atomic mass is 10.0. The van der Waals surface area contributed by atoms with Gasteiger partial charge in [-0.25, -0.2) is 0 Å². The third-order valence-electron chi connectivity index (χ3n) is 3.75. The number of carboxylic acids is 1. The molecule has 0 aromatic rings. The van der Waals surface area contributed by atoms with Crippen molar-refractivity contribution >= 4 is 11.9 Å². The summed E-state index contributed by atoms with van der Waals surface area (Å²) < 4.78 is 0. The van der Waals surface area contributed by atoms with Gasteiger partial charge in [0.2, 0.25) is 5.91 Å². The third kappa shape index (κ3) is 3.45. The van der Waals surface area contributed by atoms with Gasteiger partial charge in [-0.1, -0.05) is 26.7 Å². The van der Waals surface area contributed by atoms with Crippen molar-refractivity contribution in [1.82, 2.24) is 4.90 Å². The Morgan fingerprint density at radius 3 is 2.18 bits per heavy atom. The monoisotopic (exact) mass is 241 g/mol. The quantitative estimate of drug-likeness (QED) is 0.741. The minimum atomic E-state index is -0.832. The molecular formula is C13H23NO3. The van der Waals surface area contributed by atoms with Crippen molar-refractivity contribution in [3.8, 4) is 0 Å². The van der Waals surface area contributed by atoms with E-state index in [1.165, 1.54) is 0 Å². The van der Waals surface area contributed by atoms with Gasteiger partial charge in [0.15, 0.2) is 0 Å². The van der Waals surface area contributed by atoms with Crippen molar-refractivity contribution in [2.24, 2.45) is 17.8 Å². The summed E-state index contributed by atoms with van der Waals surface area (Å²) in [6, 6.07) is 0. The van der Waals surface area contributed by atoms with E-state index in [4.69, 9.17) is 5.11 Å². The van der Waals surface area contributed by atoms with E-state index in [-0.39, 0.29) is 11.8 Å². The van der Waals surface area contributed by atoms with Crippen LogP contribution in [0.1, 0.15) is 40.0 Å². The molecule has 1 aliphatic rings. The first kappa shape index (κ1) is 14.0. The molecule has 0 spiro atoms. The normalized spacial score (nSPS) is 22.6. The Balaban J connectivity index is 2.51. The SMILES string of the molecule is CCC(CC)CN(CC)C(=O)C1CC1C(=O)O. The van der Waals surface area contributed by atoms with Crippen LogP contribution in [0.3, 0.4) is 0 Å². The number of nitrogens with zero attached hydrogens (tertiary/aromatic N) is 1. The molecule has 0 bridgehead atoms. The predicted octanol–water partition coefficient (Wildman–Crippen LogP) is 1.99. The molecule has 0 aromatic carbocycles. The van der Waals surface area contributed by atoms with Crippen LogP contribution in [0, 0.1) is 17.8 Å². The first-order valence-electron chi connectivity index (χ1n) is 6.56. The van der Waals surface area contributed by atoms with Crippen LogP contribution >= 0.6 is 0 Å². The smallest absolute Gasteiger partial charge is 0.307 e. The lowest BCUT2D eigenvalue weighted by Gasteiger charge is -2.25. The Morgan fingerprint density at radius 1 is 1.24 bits per heavy atom. The predicted molar refractivity (Wildman–Crippen MR) is 65.6 cm³/mol. The van der Waals surface area contributed by atoms with Crippen molar-refractivity contribution in [1.29, 1.82) is 0 Å². The molecule has 4 heteroatoms. The molecular weight excluding hydrogens is 218 g/mol. The maximum absolute atomic E-state index is 12.1. The molecule has 1 amide bonds. The van der Waals surface area contributed by atoms with Crippen molar-refractivity contribution in [2.75, 3.05) is 13.1 Å². The third-order valence-corrected chi connectivity index (χ3v) is 3.75. The molecule has 0 aromatic heterocycles. The molecule has 1 saturated carbocycles.